The van der Waals surface area contributed by atoms with Gasteiger partial charge in [0, 0.05) is 5.39 Å². The second-order valence-corrected chi connectivity index (χ2v) is 9.15. The second-order valence-electron chi connectivity index (χ2n) is 8.16. The average Bonchev–Trinajstić information content (AvgIpc) is 3.34. The van der Waals surface area contributed by atoms with Crippen molar-refractivity contribution in [2.24, 2.45) is 5.73 Å². The van der Waals surface area contributed by atoms with Crippen molar-refractivity contribution in [2.45, 2.75) is 33.0 Å². The summed E-state index contributed by atoms with van der Waals surface area (Å²) >= 11 is 0.622. The number of fused-ring (bicyclic) bond motifs is 1. The van der Waals surface area contributed by atoms with Crippen LogP contribution >= 0.6 is 11.3 Å². The Hall–Kier alpha value is -4.33. The van der Waals surface area contributed by atoms with E-state index < -0.39 is 34.6 Å². The maximum atomic E-state index is 13.6. The molecule has 0 aliphatic carbocycles. The number of rotatable bonds is 6. The Morgan fingerprint density at radius 1 is 1.22 bits per heavy atom. The number of nitrogens with two attached hydrogens (primary N) is 1. The number of carbonyl (C=O) groups excluding carboxylic acids is 2. The van der Waals surface area contributed by atoms with Crippen LogP contribution < -0.4 is 11.1 Å². The molecule has 2 amide bonds. The summed E-state index contributed by atoms with van der Waals surface area (Å²) in [6.45, 7) is 4.31. The van der Waals surface area contributed by atoms with Crippen LogP contribution in [-0.4, -0.2) is 31.5 Å². The lowest BCUT2D eigenvalue weighted by Crippen LogP contribution is -2.26. The SMILES string of the molecule is Cc1nn(C(C)C(=O)Nc2c(C(N)=O)sc3nc(C(F)(F)F)cc(-c4ccccc4)c23)c(C)c1[N+](=O)[O-]. The van der Waals surface area contributed by atoms with E-state index in [9.17, 15) is 32.9 Å². The summed E-state index contributed by atoms with van der Waals surface area (Å²) in [6.07, 6.45) is -4.77. The first-order valence-corrected chi connectivity index (χ1v) is 11.5. The molecule has 0 bridgehead atoms. The number of anilines is 1. The fourth-order valence-electron chi connectivity index (χ4n) is 4.02. The van der Waals surface area contributed by atoms with Crippen LogP contribution in [-0.2, 0) is 11.0 Å². The molecule has 0 aliphatic rings. The first-order chi connectivity index (χ1) is 17.3. The summed E-state index contributed by atoms with van der Waals surface area (Å²) in [5, 5.41) is 18.1. The van der Waals surface area contributed by atoms with Gasteiger partial charge in [0.1, 0.15) is 32.8 Å². The van der Waals surface area contributed by atoms with Crippen LogP contribution in [0.3, 0.4) is 0 Å². The molecule has 14 heteroatoms. The highest BCUT2D eigenvalue weighted by Gasteiger charge is 2.35. The minimum Gasteiger partial charge on any atom is -0.365 e. The first kappa shape index (κ1) is 25.8. The quantitative estimate of drug-likeness (QED) is 0.264. The maximum Gasteiger partial charge on any atom is 0.433 e. The molecular formula is C23H19F3N6O4S. The molecule has 3 heterocycles. The van der Waals surface area contributed by atoms with Gasteiger partial charge in [-0.1, -0.05) is 30.3 Å². The Kier molecular flexibility index (Phi) is 6.46. The van der Waals surface area contributed by atoms with Gasteiger partial charge in [-0.15, -0.1) is 11.3 Å². The van der Waals surface area contributed by atoms with Gasteiger partial charge in [0.25, 0.3) is 5.91 Å². The Balaban J connectivity index is 1.89. The monoisotopic (exact) mass is 532 g/mol. The summed E-state index contributed by atoms with van der Waals surface area (Å²) in [7, 11) is 0. The summed E-state index contributed by atoms with van der Waals surface area (Å²) in [5.41, 5.74) is 4.73. The van der Waals surface area contributed by atoms with Crippen molar-refractivity contribution in [3.05, 3.63) is 68.5 Å². The molecular weight excluding hydrogens is 513 g/mol. The molecule has 192 valence electrons. The first-order valence-electron chi connectivity index (χ1n) is 10.7. The largest absolute Gasteiger partial charge is 0.433 e. The molecule has 1 unspecified atom stereocenters. The predicted octanol–water partition coefficient (Wildman–Crippen LogP) is 5.00. The highest BCUT2D eigenvalue weighted by Crippen LogP contribution is 2.43. The molecule has 0 saturated carbocycles. The highest BCUT2D eigenvalue weighted by atomic mass is 32.1. The number of nitrogens with one attached hydrogen (secondary N) is 1. The zero-order chi connectivity index (χ0) is 27.2. The number of carbonyl (C=O) groups is 2. The topological polar surface area (TPSA) is 146 Å². The number of aromatic nitrogens is 3. The lowest BCUT2D eigenvalue weighted by Gasteiger charge is -2.16. The van der Waals surface area contributed by atoms with Crippen LogP contribution in [0.25, 0.3) is 21.3 Å². The van der Waals surface area contributed by atoms with Crippen molar-refractivity contribution >= 4 is 44.7 Å². The second kappa shape index (κ2) is 9.28. The van der Waals surface area contributed by atoms with Crippen molar-refractivity contribution in [3.8, 4) is 11.1 Å². The third kappa shape index (κ3) is 4.62. The number of nitro groups is 1. The van der Waals surface area contributed by atoms with Crippen molar-refractivity contribution in [3.63, 3.8) is 0 Å². The van der Waals surface area contributed by atoms with E-state index in [4.69, 9.17) is 5.73 Å². The van der Waals surface area contributed by atoms with Gasteiger partial charge in [0.2, 0.25) is 5.91 Å². The van der Waals surface area contributed by atoms with Gasteiger partial charge < -0.3 is 11.1 Å². The summed E-state index contributed by atoms with van der Waals surface area (Å²) < 4.78 is 42.1. The number of amides is 2. The van der Waals surface area contributed by atoms with Crippen LogP contribution in [0.5, 0.6) is 0 Å². The molecule has 0 spiro atoms. The molecule has 4 rings (SSSR count). The van der Waals surface area contributed by atoms with E-state index in [1.807, 2.05) is 0 Å². The van der Waals surface area contributed by atoms with E-state index in [1.165, 1.54) is 25.5 Å². The third-order valence-corrected chi connectivity index (χ3v) is 6.82. The minimum absolute atomic E-state index is 0.0892. The molecule has 1 aromatic carbocycles. The Bertz CT molecular complexity index is 1560. The van der Waals surface area contributed by atoms with Crippen LogP contribution in [0.1, 0.15) is 39.7 Å². The van der Waals surface area contributed by atoms with Crippen LogP contribution in [0.4, 0.5) is 24.5 Å². The average molecular weight is 533 g/mol. The summed E-state index contributed by atoms with van der Waals surface area (Å²) in [4.78, 5) is 39.6. The smallest absolute Gasteiger partial charge is 0.365 e. The zero-order valence-electron chi connectivity index (χ0n) is 19.6. The molecule has 37 heavy (non-hydrogen) atoms. The molecule has 1 atom stereocenters. The fraction of sp³-hybridized carbons (Fsp3) is 0.217. The lowest BCUT2D eigenvalue weighted by atomic mass is 10.0. The number of halogens is 3. The number of primary amides is 1. The van der Waals surface area contributed by atoms with Crippen LogP contribution in [0.2, 0.25) is 0 Å². The van der Waals surface area contributed by atoms with Gasteiger partial charge in [-0.25, -0.2) is 4.98 Å². The molecule has 3 N–H and O–H groups in total. The zero-order valence-corrected chi connectivity index (χ0v) is 20.4. The number of hydrogen-bond donors (Lipinski definition) is 2. The Labute approximate surface area is 211 Å². The molecule has 3 aromatic heterocycles. The summed E-state index contributed by atoms with van der Waals surface area (Å²) in [6, 6.07) is 7.88. The van der Waals surface area contributed by atoms with Crippen LogP contribution in [0, 0.1) is 24.0 Å². The molecule has 0 fully saturated rings. The molecule has 0 aliphatic heterocycles. The number of thiophene rings is 1. The number of hydrogen-bond acceptors (Lipinski definition) is 7. The molecule has 4 aromatic rings. The summed E-state index contributed by atoms with van der Waals surface area (Å²) in [5.74, 6) is -1.69. The normalized spacial score (nSPS) is 12.5. The molecule has 10 nitrogen and oxygen atoms in total. The van der Waals surface area contributed by atoms with Gasteiger partial charge in [0.15, 0.2) is 0 Å². The third-order valence-electron chi connectivity index (χ3n) is 5.72. The van der Waals surface area contributed by atoms with Gasteiger partial charge in [-0.2, -0.15) is 18.3 Å². The van der Waals surface area contributed by atoms with E-state index in [0.717, 1.165) is 6.07 Å². The van der Waals surface area contributed by atoms with E-state index in [0.29, 0.717) is 16.9 Å². The Morgan fingerprint density at radius 3 is 2.41 bits per heavy atom. The molecule has 0 radical (unpaired) electrons. The van der Waals surface area contributed by atoms with E-state index in [1.54, 1.807) is 30.3 Å². The van der Waals surface area contributed by atoms with Gasteiger partial charge in [-0.3, -0.25) is 24.4 Å². The van der Waals surface area contributed by atoms with Crippen molar-refractivity contribution < 1.29 is 27.7 Å². The predicted molar refractivity (Wildman–Crippen MR) is 130 cm³/mol. The van der Waals surface area contributed by atoms with Crippen molar-refractivity contribution in [1.82, 2.24) is 14.8 Å². The fourth-order valence-corrected chi connectivity index (χ4v) is 5.02. The van der Waals surface area contributed by atoms with Crippen molar-refractivity contribution in [2.75, 3.05) is 5.32 Å². The van der Waals surface area contributed by atoms with Gasteiger partial charge >= 0.3 is 11.9 Å². The number of aryl methyl sites for hydroxylation is 1. The Morgan fingerprint density at radius 2 is 1.86 bits per heavy atom. The number of pyridine rings is 1. The minimum atomic E-state index is -4.77. The standard InChI is InChI=1S/C23H19F3N6O4S/c1-10-18(32(35)36)11(2)31(30-10)12(3)21(34)29-17-16-14(13-7-5-4-6-8-13)9-15(23(24,25)26)28-22(16)37-19(17)20(27)33/h4-9,12H,1-3H3,(H2,27,33)(H,29,34). The number of benzene rings is 1. The van der Waals surface area contributed by atoms with E-state index in [-0.39, 0.29) is 43.4 Å². The van der Waals surface area contributed by atoms with Gasteiger partial charge in [0.05, 0.1) is 10.6 Å². The van der Waals surface area contributed by atoms with E-state index in [2.05, 4.69) is 15.4 Å². The van der Waals surface area contributed by atoms with E-state index >= 15 is 0 Å². The molecule has 0 saturated heterocycles. The number of alkyl halides is 3. The maximum absolute atomic E-state index is 13.6. The van der Waals surface area contributed by atoms with Crippen molar-refractivity contribution in [1.29, 1.82) is 0 Å². The van der Waals surface area contributed by atoms with Crippen LogP contribution in [0.15, 0.2) is 36.4 Å². The van der Waals surface area contributed by atoms with Gasteiger partial charge in [-0.05, 0) is 38.0 Å². The lowest BCUT2D eigenvalue weighted by molar-refractivity contribution is -0.386. The number of nitrogens with zero attached hydrogens (tertiary/aromatic N) is 4. The highest BCUT2D eigenvalue weighted by molar-refractivity contribution is 7.21.